The summed E-state index contributed by atoms with van der Waals surface area (Å²) in [5.41, 5.74) is 0.535. The molecule has 0 amide bonds. The molecule has 1 aromatic heterocycles. The van der Waals surface area contributed by atoms with Crippen LogP contribution in [-0.4, -0.2) is 18.1 Å². The van der Waals surface area contributed by atoms with Gasteiger partial charge in [0.1, 0.15) is 17.6 Å². The molecule has 0 N–H and O–H groups in total. The Kier molecular flexibility index (Phi) is 2.14. The molecule has 4 atom stereocenters. The molecule has 2 heterocycles. The minimum absolute atomic E-state index is 0.535. The maximum Gasteiger partial charge on any atom is 0.142 e. The molecule has 1 aliphatic heterocycles. The van der Waals surface area contributed by atoms with Gasteiger partial charge in [0.05, 0.1) is 0 Å². The van der Waals surface area contributed by atoms with Crippen molar-refractivity contribution in [1.29, 1.82) is 5.26 Å². The Labute approximate surface area is 107 Å². The molecular weight excluding hydrogens is 222 g/mol. The van der Waals surface area contributed by atoms with Crippen LogP contribution in [0.4, 0.5) is 5.82 Å². The largest absolute Gasteiger partial charge is 0.356 e. The van der Waals surface area contributed by atoms with Crippen LogP contribution in [0.2, 0.25) is 0 Å². The Morgan fingerprint density at radius 3 is 2.56 bits per heavy atom. The summed E-state index contributed by atoms with van der Waals surface area (Å²) < 4.78 is 0. The van der Waals surface area contributed by atoms with Crippen LogP contribution in [0.3, 0.4) is 0 Å². The van der Waals surface area contributed by atoms with E-state index in [2.05, 4.69) is 16.0 Å². The van der Waals surface area contributed by atoms with Gasteiger partial charge in [-0.2, -0.15) is 5.26 Å². The Hall–Kier alpha value is -1.56. The molecule has 1 saturated heterocycles. The van der Waals surface area contributed by atoms with Gasteiger partial charge < -0.3 is 4.90 Å². The van der Waals surface area contributed by atoms with Crippen LogP contribution in [0.15, 0.2) is 18.2 Å². The van der Waals surface area contributed by atoms with E-state index < -0.39 is 0 Å². The standard InChI is InChI=1S/C15H17N3/c16-7-12-2-1-3-15(17-12)18-8-13-10-4-5-11(6-10)14(13)9-18/h1-3,10-11,13-14H,4-6,8-9H2/t10-,11+,13-,14+. The fraction of sp³-hybridized carbons (Fsp3) is 0.600. The Morgan fingerprint density at radius 2 is 1.89 bits per heavy atom. The third kappa shape index (κ3) is 1.38. The van der Waals surface area contributed by atoms with Crippen molar-refractivity contribution in [1.82, 2.24) is 4.98 Å². The van der Waals surface area contributed by atoms with Crippen molar-refractivity contribution in [3.63, 3.8) is 0 Å². The molecule has 3 fully saturated rings. The van der Waals surface area contributed by atoms with E-state index in [4.69, 9.17) is 5.26 Å². The molecule has 92 valence electrons. The van der Waals surface area contributed by atoms with E-state index in [9.17, 15) is 0 Å². The summed E-state index contributed by atoms with van der Waals surface area (Å²) in [5.74, 6) is 4.75. The summed E-state index contributed by atoms with van der Waals surface area (Å²) in [7, 11) is 0. The van der Waals surface area contributed by atoms with E-state index in [1.54, 1.807) is 6.07 Å². The lowest BCUT2D eigenvalue weighted by atomic mass is 9.82. The Morgan fingerprint density at radius 1 is 1.17 bits per heavy atom. The van der Waals surface area contributed by atoms with Crippen molar-refractivity contribution >= 4 is 5.82 Å². The van der Waals surface area contributed by atoms with Gasteiger partial charge in [0.15, 0.2) is 0 Å². The summed E-state index contributed by atoms with van der Waals surface area (Å²) >= 11 is 0. The van der Waals surface area contributed by atoms with E-state index in [1.807, 2.05) is 12.1 Å². The van der Waals surface area contributed by atoms with Gasteiger partial charge in [-0.3, -0.25) is 0 Å². The third-order valence-corrected chi connectivity index (χ3v) is 5.31. The van der Waals surface area contributed by atoms with Crippen LogP contribution in [0.5, 0.6) is 0 Å². The normalized spacial score (nSPS) is 36.7. The maximum absolute atomic E-state index is 8.93. The van der Waals surface area contributed by atoms with E-state index in [0.717, 1.165) is 42.6 Å². The second-order valence-corrected chi connectivity index (χ2v) is 6.06. The topological polar surface area (TPSA) is 39.9 Å². The first-order valence-electron chi connectivity index (χ1n) is 6.97. The number of rotatable bonds is 1. The number of hydrogen-bond acceptors (Lipinski definition) is 3. The van der Waals surface area contributed by atoms with Crippen LogP contribution >= 0.6 is 0 Å². The molecule has 0 spiro atoms. The van der Waals surface area contributed by atoms with Crippen LogP contribution in [0.1, 0.15) is 25.0 Å². The zero-order valence-corrected chi connectivity index (χ0v) is 10.4. The minimum Gasteiger partial charge on any atom is -0.356 e. The lowest BCUT2D eigenvalue weighted by Crippen LogP contribution is -2.23. The number of nitriles is 1. The van der Waals surface area contributed by atoms with Gasteiger partial charge >= 0.3 is 0 Å². The van der Waals surface area contributed by atoms with Crippen molar-refractivity contribution in [2.45, 2.75) is 19.3 Å². The van der Waals surface area contributed by atoms with E-state index >= 15 is 0 Å². The van der Waals surface area contributed by atoms with E-state index in [-0.39, 0.29) is 0 Å². The molecule has 4 rings (SSSR count). The summed E-state index contributed by atoms with van der Waals surface area (Å²) in [6.45, 7) is 2.32. The van der Waals surface area contributed by atoms with Gasteiger partial charge in [-0.1, -0.05) is 6.07 Å². The van der Waals surface area contributed by atoms with E-state index in [1.165, 1.54) is 19.3 Å². The molecule has 0 unspecified atom stereocenters. The highest BCUT2D eigenvalue weighted by Crippen LogP contribution is 2.55. The highest BCUT2D eigenvalue weighted by atomic mass is 15.2. The lowest BCUT2D eigenvalue weighted by molar-refractivity contribution is 0.281. The smallest absolute Gasteiger partial charge is 0.142 e. The first-order valence-corrected chi connectivity index (χ1v) is 6.97. The molecule has 1 aromatic rings. The summed E-state index contributed by atoms with van der Waals surface area (Å²) in [6.07, 6.45) is 4.38. The SMILES string of the molecule is N#Cc1cccc(N2C[C@@H]3[C@@H]4CC[C@@H](C4)[C@@H]3C2)n1. The minimum atomic E-state index is 0.535. The van der Waals surface area contributed by atoms with Crippen LogP contribution in [0, 0.1) is 35.0 Å². The third-order valence-electron chi connectivity index (χ3n) is 5.31. The fourth-order valence-corrected chi connectivity index (χ4v) is 4.53. The Balaban J connectivity index is 1.59. The number of nitrogens with zero attached hydrogens (tertiary/aromatic N) is 3. The highest BCUT2D eigenvalue weighted by molar-refractivity contribution is 5.43. The number of aromatic nitrogens is 1. The molecule has 18 heavy (non-hydrogen) atoms. The number of hydrogen-bond donors (Lipinski definition) is 0. The quantitative estimate of drug-likeness (QED) is 0.755. The van der Waals surface area contributed by atoms with Gasteiger partial charge in [-0.05, 0) is 55.1 Å². The first kappa shape index (κ1) is 10.4. The fourth-order valence-electron chi connectivity index (χ4n) is 4.53. The molecule has 2 saturated carbocycles. The zero-order chi connectivity index (χ0) is 12.1. The zero-order valence-electron chi connectivity index (χ0n) is 10.4. The second-order valence-electron chi connectivity index (χ2n) is 6.06. The van der Waals surface area contributed by atoms with Crippen molar-refractivity contribution in [2.75, 3.05) is 18.0 Å². The molecule has 3 heteroatoms. The first-order chi connectivity index (χ1) is 8.85. The molecule has 2 bridgehead atoms. The number of anilines is 1. The molecule has 0 aromatic carbocycles. The predicted octanol–water partition coefficient (Wildman–Crippen LogP) is 2.44. The van der Waals surface area contributed by atoms with Crippen molar-refractivity contribution in [3.8, 4) is 6.07 Å². The van der Waals surface area contributed by atoms with Gasteiger partial charge in [-0.25, -0.2) is 4.98 Å². The number of fused-ring (bicyclic) bond motifs is 5. The molecule has 3 aliphatic rings. The average molecular weight is 239 g/mol. The Bertz CT molecular complexity index is 501. The van der Waals surface area contributed by atoms with Gasteiger partial charge in [0, 0.05) is 13.1 Å². The second kappa shape index (κ2) is 3.71. The molecule has 3 nitrogen and oxygen atoms in total. The highest BCUT2D eigenvalue weighted by Gasteiger charge is 2.51. The van der Waals surface area contributed by atoms with Gasteiger partial charge in [0.2, 0.25) is 0 Å². The summed E-state index contributed by atoms with van der Waals surface area (Å²) in [4.78, 5) is 6.84. The van der Waals surface area contributed by atoms with Gasteiger partial charge in [0.25, 0.3) is 0 Å². The maximum atomic E-state index is 8.93. The van der Waals surface area contributed by atoms with E-state index in [0.29, 0.717) is 5.69 Å². The average Bonchev–Trinajstić information content (AvgIpc) is 3.10. The predicted molar refractivity (Wildman–Crippen MR) is 69.0 cm³/mol. The van der Waals surface area contributed by atoms with Crippen LogP contribution < -0.4 is 4.90 Å². The number of pyridine rings is 1. The molecule has 0 radical (unpaired) electrons. The van der Waals surface area contributed by atoms with Gasteiger partial charge in [-0.15, -0.1) is 0 Å². The summed E-state index contributed by atoms with van der Waals surface area (Å²) in [6, 6.07) is 7.91. The van der Waals surface area contributed by atoms with Crippen molar-refractivity contribution < 1.29 is 0 Å². The molecule has 2 aliphatic carbocycles. The summed E-state index contributed by atoms with van der Waals surface area (Å²) in [5, 5.41) is 8.93. The molecular formula is C15H17N3. The van der Waals surface area contributed by atoms with Crippen LogP contribution in [-0.2, 0) is 0 Å². The van der Waals surface area contributed by atoms with Crippen LogP contribution in [0.25, 0.3) is 0 Å². The monoisotopic (exact) mass is 239 g/mol. The lowest BCUT2D eigenvalue weighted by Gasteiger charge is -2.22. The van der Waals surface area contributed by atoms with Crippen molar-refractivity contribution in [3.05, 3.63) is 23.9 Å². The van der Waals surface area contributed by atoms with Crippen molar-refractivity contribution in [2.24, 2.45) is 23.7 Å².